The van der Waals surface area contributed by atoms with Crippen LogP contribution in [0.5, 0.6) is 0 Å². The first kappa shape index (κ1) is 25.1. The van der Waals surface area contributed by atoms with Gasteiger partial charge in [-0.3, -0.25) is 9.69 Å². The van der Waals surface area contributed by atoms with Gasteiger partial charge >= 0.3 is 0 Å². The number of thiazole rings is 1. The van der Waals surface area contributed by atoms with Crippen LogP contribution < -0.4 is 11.1 Å². The number of nitrogens with zero attached hydrogens (tertiary/aromatic N) is 2. The summed E-state index contributed by atoms with van der Waals surface area (Å²) in [7, 11) is 0. The molecule has 0 aliphatic carbocycles. The number of amides is 1. The fraction of sp³-hybridized carbons (Fsp3) is 0.280. The molecule has 1 saturated heterocycles. The van der Waals surface area contributed by atoms with Gasteiger partial charge in [-0.1, -0.05) is 65.8 Å². The molecule has 1 aromatic heterocycles. The predicted octanol–water partition coefficient (Wildman–Crippen LogP) is 5.92. The third-order valence-electron chi connectivity index (χ3n) is 5.68. The number of carbonyl (C=O) groups is 1. The van der Waals surface area contributed by atoms with Crippen LogP contribution >= 0.6 is 46.3 Å². The third kappa shape index (κ3) is 6.77. The maximum absolute atomic E-state index is 12.5. The Morgan fingerprint density at radius 2 is 2.00 bits per heavy atom. The van der Waals surface area contributed by atoms with E-state index in [4.69, 9.17) is 28.9 Å². The van der Waals surface area contributed by atoms with Gasteiger partial charge < -0.3 is 11.1 Å². The van der Waals surface area contributed by atoms with E-state index in [2.05, 4.69) is 21.8 Å². The summed E-state index contributed by atoms with van der Waals surface area (Å²) in [6.07, 6.45) is 1.86. The number of likely N-dealkylation sites (tertiary alicyclic amines) is 1. The van der Waals surface area contributed by atoms with Crippen molar-refractivity contribution in [3.63, 3.8) is 0 Å². The average Bonchev–Trinajstić information content (AvgIpc) is 3.31. The molecule has 3 N–H and O–H groups in total. The van der Waals surface area contributed by atoms with Gasteiger partial charge in [0.1, 0.15) is 0 Å². The van der Waals surface area contributed by atoms with Gasteiger partial charge in [0.25, 0.3) is 0 Å². The van der Waals surface area contributed by atoms with Crippen molar-refractivity contribution in [2.24, 2.45) is 5.73 Å². The van der Waals surface area contributed by atoms with Crippen molar-refractivity contribution in [2.75, 3.05) is 18.8 Å². The molecule has 0 spiro atoms. The topological polar surface area (TPSA) is 71.2 Å². The Morgan fingerprint density at radius 3 is 2.74 bits per heavy atom. The lowest BCUT2D eigenvalue weighted by Gasteiger charge is -2.32. The summed E-state index contributed by atoms with van der Waals surface area (Å²) >= 11 is 15.1. The van der Waals surface area contributed by atoms with Gasteiger partial charge in [-0.25, -0.2) is 4.98 Å². The molecule has 1 fully saturated rings. The lowest BCUT2D eigenvalue weighted by atomic mass is 10.0. The summed E-state index contributed by atoms with van der Waals surface area (Å²) in [6, 6.07) is 13.8. The molecule has 0 bridgehead atoms. The second kappa shape index (κ2) is 11.6. The van der Waals surface area contributed by atoms with Crippen LogP contribution in [0.3, 0.4) is 0 Å². The van der Waals surface area contributed by atoms with E-state index in [1.165, 1.54) is 11.8 Å². The molecule has 0 atom stereocenters. The molecule has 178 valence electrons. The van der Waals surface area contributed by atoms with E-state index < -0.39 is 0 Å². The standard InChI is InChI=1S/C25H26Cl2N4OS2/c1-16(28)18-3-2-4-19(12-18)23-14-33-25(30-23)34-15-24(32)29-20-7-9-31(10-8-20)13-17-5-6-21(26)22(27)11-17/h2-6,11-12,14,20H,1,7-10,13,15,28H2,(H,29,32). The van der Waals surface area contributed by atoms with Crippen LogP contribution in [0.2, 0.25) is 10.0 Å². The molecular weight excluding hydrogens is 507 g/mol. The Bertz CT molecular complexity index is 1180. The van der Waals surface area contributed by atoms with Crippen molar-refractivity contribution >= 4 is 57.9 Å². The minimum Gasteiger partial charge on any atom is -0.399 e. The Balaban J connectivity index is 1.21. The zero-order valence-corrected chi connectivity index (χ0v) is 21.7. The highest BCUT2D eigenvalue weighted by molar-refractivity contribution is 8.01. The van der Waals surface area contributed by atoms with Crippen LogP contribution in [-0.2, 0) is 11.3 Å². The molecular formula is C25H26Cl2N4OS2. The number of benzene rings is 2. The quantitative estimate of drug-likeness (QED) is 0.352. The molecule has 9 heteroatoms. The predicted molar refractivity (Wildman–Crippen MR) is 144 cm³/mol. The minimum absolute atomic E-state index is 0.0473. The highest BCUT2D eigenvalue weighted by atomic mass is 35.5. The molecule has 1 amide bonds. The van der Waals surface area contributed by atoms with Crippen molar-refractivity contribution in [3.05, 3.63) is 75.6 Å². The fourth-order valence-electron chi connectivity index (χ4n) is 3.86. The third-order valence-corrected chi connectivity index (χ3v) is 8.44. The SMILES string of the molecule is C=C(N)c1cccc(-c2csc(SCC(=O)NC3CCN(Cc4ccc(Cl)c(Cl)c4)CC3)n2)c1. The summed E-state index contributed by atoms with van der Waals surface area (Å²) < 4.78 is 0.874. The molecule has 0 unspecified atom stereocenters. The molecule has 1 aliphatic heterocycles. The largest absolute Gasteiger partial charge is 0.399 e. The Hall–Kier alpha value is -2.03. The number of thioether (sulfide) groups is 1. The highest BCUT2D eigenvalue weighted by Crippen LogP contribution is 2.29. The summed E-state index contributed by atoms with van der Waals surface area (Å²) in [4.78, 5) is 19.5. The highest BCUT2D eigenvalue weighted by Gasteiger charge is 2.21. The lowest BCUT2D eigenvalue weighted by Crippen LogP contribution is -2.44. The molecule has 34 heavy (non-hydrogen) atoms. The molecule has 2 aromatic carbocycles. The maximum atomic E-state index is 12.5. The minimum atomic E-state index is 0.0473. The lowest BCUT2D eigenvalue weighted by molar-refractivity contribution is -0.119. The summed E-state index contributed by atoms with van der Waals surface area (Å²) in [5, 5.41) is 6.34. The zero-order valence-electron chi connectivity index (χ0n) is 18.6. The van der Waals surface area contributed by atoms with Crippen molar-refractivity contribution in [1.82, 2.24) is 15.2 Å². The van der Waals surface area contributed by atoms with E-state index in [-0.39, 0.29) is 11.9 Å². The molecule has 0 saturated carbocycles. The second-order valence-corrected chi connectivity index (χ2v) is 11.2. The van der Waals surface area contributed by atoms with Crippen molar-refractivity contribution < 1.29 is 4.79 Å². The number of rotatable bonds is 8. The molecule has 0 radical (unpaired) electrons. The number of nitrogens with two attached hydrogens (primary N) is 1. The molecule has 3 aromatic rings. The number of aromatic nitrogens is 1. The van der Waals surface area contributed by atoms with Crippen LogP contribution in [0.4, 0.5) is 0 Å². The van der Waals surface area contributed by atoms with Crippen molar-refractivity contribution in [1.29, 1.82) is 0 Å². The van der Waals surface area contributed by atoms with Gasteiger partial charge in [0, 0.05) is 42.3 Å². The maximum Gasteiger partial charge on any atom is 0.230 e. The Kier molecular flexibility index (Phi) is 8.55. The fourth-order valence-corrected chi connectivity index (χ4v) is 5.83. The Morgan fingerprint density at radius 1 is 1.21 bits per heavy atom. The number of hydrogen-bond donors (Lipinski definition) is 2. The average molecular weight is 534 g/mol. The van der Waals surface area contributed by atoms with Crippen LogP contribution in [0, 0.1) is 0 Å². The normalized spacial score (nSPS) is 14.8. The molecule has 5 nitrogen and oxygen atoms in total. The zero-order chi connectivity index (χ0) is 24.1. The summed E-state index contributed by atoms with van der Waals surface area (Å²) in [5.41, 5.74) is 10.2. The number of halogens is 2. The van der Waals surface area contributed by atoms with Crippen LogP contribution in [0.15, 0.2) is 58.8 Å². The monoisotopic (exact) mass is 532 g/mol. The summed E-state index contributed by atoms with van der Waals surface area (Å²) in [6.45, 7) is 6.49. The number of hydrogen-bond acceptors (Lipinski definition) is 6. The van der Waals surface area contributed by atoms with Gasteiger partial charge in [-0.05, 0) is 42.2 Å². The molecule has 1 aliphatic rings. The second-order valence-electron chi connectivity index (χ2n) is 8.26. The smallest absolute Gasteiger partial charge is 0.230 e. The van der Waals surface area contributed by atoms with Crippen LogP contribution in [0.25, 0.3) is 17.0 Å². The number of piperidine rings is 1. The Labute approximate surface area is 218 Å². The van der Waals surface area contributed by atoms with E-state index in [1.807, 2.05) is 47.8 Å². The van der Waals surface area contributed by atoms with Gasteiger partial charge in [0.2, 0.25) is 5.91 Å². The van der Waals surface area contributed by atoms with Gasteiger partial charge in [-0.2, -0.15) is 0 Å². The van der Waals surface area contributed by atoms with Crippen molar-refractivity contribution in [3.8, 4) is 11.3 Å². The van der Waals surface area contributed by atoms with E-state index in [0.29, 0.717) is 21.5 Å². The summed E-state index contributed by atoms with van der Waals surface area (Å²) in [5.74, 6) is 0.405. The van der Waals surface area contributed by atoms with E-state index in [0.717, 1.165) is 59.2 Å². The van der Waals surface area contributed by atoms with Crippen LogP contribution in [0.1, 0.15) is 24.0 Å². The number of nitrogens with one attached hydrogen (secondary N) is 1. The van der Waals surface area contributed by atoms with Gasteiger partial charge in [-0.15, -0.1) is 11.3 Å². The first-order valence-corrected chi connectivity index (χ1v) is 13.6. The first-order valence-electron chi connectivity index (χ1n) is 11.0. The van der Waals surface area contributed by atoms with Gasteiger partial charge in [0.15, 0.2) is 4.34 Å². The van der Waals surface area contributed by atoms with E-state index in [9.17, 15) is 4.79 Å². The molecule has 4 rings (SSSR count). The number of carbonyl (C=O) groups excluding carboxylic acids is 1. The van der Waals surface area contributed by atoms with E-state index in [1.54, 1.807) is 11.3 Å². The van der Waals surface area contributed by atoms with Crippen LogP contribution in [-0.4, -0.2) is 40.7 Å². The first-order chi connectivity index (χ1) is 16.4. The van der Waals surface area contributed by atoms with Gasteiger partial charge in [0.05, 0.1) is 21.5 Å². The van der Waals surface area contributed by atoms with E-state index >= 15 is 0 Å². The van der Waals surface area contributed by atoms with Crippen molar-refractivity contribution in [2.45, 2.75) is 29.8 Å². The molecule has 2 heterocycles.